The number of hydrogen-bond acceptors (Lipinski definition) is 2. The number of nitrogens with one attached hydrogen (secondary N) is 1. The Kier molecular flexibility index (Phi) is 6.51. The maximum atomic E-state index is 5.71. The normalized spacial score (nSPS) is 12.2. The minimum Gasteiger partial charge on any atom is -0.494 e. The molecule has 0 aromatic heterocycles. The average molecular weight is 247 g/mol. The largest absolute Gasteiger partial charge is 0.494 e. The highest BCUT2D eigenvalue weighted by molar-refractivity contribution is 5.36. The fourth-order valence-corrected chi connectivity index (χ4v) is 2.03. The number of rotatable bonds is 8. The van der Waals surface area contributed by atoms with E-state index in [-0.39, 0.29) is 0 Å². The predicted octanol–water partition coefficient (Wildman–Crippen LogP) is 4.09. The molecule has 2 heteroatoms. The summed E-state index contributed by atoms with van der Waals surface area (Å²) in [5, 5.41) is 3.52. The van der Waals surface area contributed by atoms with Crippen LogP contribution >= 0.6 is 0 Å². The minimum absolute atomic E-state index is 0.296. The van der Waals surface area contributed by atoms with Gasteiger partial charge in [0, 0.05) is 11.6 Å². The van der Waals surface area contributed by atoms with Gasteiger partial charge in [-0.2, -0.15) is 0 Å². The van der Waals surface area contributed by atoms with Crippen LogP contribution in [-0.2, 0) is 0 Å². The molecule has 0 radical (unpaired) electrons. The molecule has 0 bridgehead atoms. The molecule has 0 aliphatic carbocycles. The number of hydrogen-bond donors (Lipinski definition) is 1. The first-order chi connectivity index (χ1) is 8.72. The highest BCUT2D eigenvalue weighted by Crippen LogP contribution is 2.29. The molecule has 2 nitrogen and oxygen atoms in total. The Morgan fingerprint density at radius 3 is 2.61 bits per heavy atom. The van der Waals surface area contributed by atoms with E-state index in [4.69, 9.17) is 4.74 Å². The van der Waals surface area contributed by atoms with Crippen molar-refractivity contribution >= 4 is 0 Å². The van der Waals surface area contributed by atoms with E-state index in [0.717, 1.165) is 25.1 Å². The van der Waals surface area contributed by atoms with E-state index in [1.807, 2.05) is 19.1 Å². The zero-order valence-electron chi connectivity index (χ0n) is 11.8. The Hall–Kier alpha value is -1.28. The second kappa shape index (κ2) is 7.93. The smallest absolute Gasteiger partial charge is 0.124 e. The fraction of sp³-hybridized carbons (Fsp3) is 0.500. The van der Waals surface area contributed by atoms with Gasteiger partial charge >= 0.3 is 0 Å². The second-order valence-electron chi connectivity index (χ2n) is 4.39. The van der Waals surface area contributed by atoms with Crippen LogP contribution in [0.5, 0.6) is 5.75 Å². The van der Waals surface area contributed by atoms with Crippen molar-refractivity contribution in [3.8, 4) is 5.75 Å². The molecular formula is C16H25NO. The number of ether oxygens (including phenoxy) is 1. The third-order valence-corrected chi connectivity index (χ3v) is 3.04. The lowest BCUT2D eigenvalue weighted by Crippen LogP contribution is -2.22. The standard InChI is InChI=1S/C16H25NO/c1-5-13(4)12-15(17-6-2)14-10-8-9-11-16(14)18-7-3/h8-11,15,17H,4-7,12H2,1-3H3. The van der Waals surface area contributed by atoms with Gasteiger partial charge in [-0.25, -0.2) is 0 Å². The van der Waals surface area contributed by atoms with Crippen LogP contribution in [0.15, 0.2) is 36.4 Å². The maximum absolute atomic E-state index is 5.71. The zero-order chi connectivity index (χ0) is 13.4. The molecule has 1 rings (SSSR count). The summed E-state index contributed by atoms with van der Waals surface area (Å²) in [6.45, 7) is 12.1. The summed E-state index contributed by atoms with van der Waals surface area (Å²) in [6.07, 6.45) is 1.99. The molecule has 1 unspecified atom stereocenters. The van der Waals surface area contributed by atoms with Gasteiger partial charge in [0.1, 0.15) is 5.75 Å². The molecule has 0 aliphatic heterocycles. The lowest BCUT2D eigenvalue weighted by molar-refractivity contribution is 0.331. The molecule has 1 aromatic carbocycles. The van der Waals surface area contributed by atoms with Crippen molar-refractivity contribution in [3.05, 3.63) is 42.0 Å². The number of benzene rings is 1. The minimum atomic E-state index is 0.296. The first-order valence-electron chi connectivity index (χ1n) is 6.84. The topological polar surface area (TPSA) is 21.3 Å². The Morgan fingerprint density at radius 1 is 1.28 bits per heavy atom. The molecule has 0 saturated carbocycles. The summed E-state index contributed by atoms with van der Waals surface area (Å²) in [5.74, 6) is 0.981. The van der Waals surface area contributed by atoms with Crippen LogP contribution in [0.3, 0.4) is 0 Å². The van der Waals surface area contributed by atoms with Gasteiger partial charge in [-0.05, 0) is 32.4 Å². The van der Waals surface area contributed by atoms with E-state index in [2.05, 4.69) is 37.9 Å². The molecule has 1 aromatic rings. The molecule has 18 heavy (non-hydrogen) atoms. The molecule has 1 N–H and O–H groups in total. The molecule has 0 aliphatic rings. The molecule has 100 valence electrons. The van der Waals surface area contributed by atoms with E-state index in [1.54, 1.807) is 0 Å². The van der Waals surface area contributed by atoms with Gasteiger partial charge in [-0.1, -0.05) is 44.2 Å². The summed E-state index contributed by atoms with van der Waals surface area (Å²) in [6, 6.07) is 8.56. The summed E-state index contributed by atoms with van der Waals surface area (Å²) in [5.41, 5.74) is 2.50. The molecular weight excluding hydrogens is 222 g/mol. The Bertz CT molecular complexity index is 373. The first-order valence-corrected chi connectivity index (χ1v) is 6.84. The quantitative estimate of drug-likeness (QED) is 0.699. The van der Waals surface area contributed by atoms with Gasteiger partial charge in [-0.15, -0.1) is 0 Å². The molecule has 0 saturated heterocycles. The van der Waals surface area contributed by atoms with Crippen molar-refractivity contribution in [2.75, 3.05) is 13.2 Å². The highest BCUT2D eigenvalue weighted by Gasteiger charge is 2.15. The molecule has 0 heterocycles. The first kappa shape index (κ1) is 14.8. The van der Waals surface area contributed by atoms with E-state index in [1.165, 1.54) is 11.1 Å². The predicted molar refractivity (Wildman–Crippen MR) is 78.1 cm³/mol. The molecule has 0 fully saturated rings. The van der Waals surface area contributed by atoms with E-state index >= 15 is 0 Å². The van der Waals surface area contributed by atoms with Crippen LogP contribution in [0.1, 0.15) is 45.2 Å². The van der Waals surface area contributed by atoms with Crippen molar-refractivity contribution < 1.29 is 4.74 Å². The maximum Gasteiger partial charge on any atom is 0.124 e. The van der Waals surface area contributed by atoms with Gasteiger partial charge < -0.3 is 10.1 Å². The van der Waals surface area contributed by atoms with Crippen LogP contribution in [0.4, 0.5) is 0 Å². The van der Waals surface area contributed by atoms with Crippen molar-refractivity contribution in [1.29, 1.82) is 0 Å². The van der Waals surface area contributed by atoms with Crippen LogP contribution in [-0.4, -0.2) is 13.2 Å². The monoisotopic (exact) mass is 247 g/mol. The lowest BCUT2D eigenvalue weighted by Gasteiger charge is -2.22. The van der Waals surface area contributed by atoms with Gasteiger partial charge in [0.2, 0.25) is 0 Å². The Labute approximate surface area is 111 Å². The molecule has 1 atom stereocenters. The third-order valence-electron chi connectivity index (χ3n) is 3.04. The molecule has 0 spiro atoms. The third kappa shape index (κ3) is 4.19. The second-order valence-corrected chi connectivity index (χ2v) is 4.39. The van der Waals surface area contributed by atoms with Gasteiger partial charge in [-0.3, -0.25) is 0 Å². The van der Waals surface area contributed by atoms with Crippen molar-refractivity contribution in [2.45, 2.75) is 39.7 Å². The SMILES string of the molecule is C=C(CC)CC(NCC)c1ccccc1OCC. The summed E-state index contributed by atoms with van der Waals surface area (Å²) in [4.78, 5) is 0. The number of para-hydroxylation sites is 1. The highest BCUT2D eigenvalue weighted by atomic mass is 16.5. The van der Waals surface area contributed by atoms with Crippen molar-refractivity contribution in [2.24, 2.45) is 0 Å². The summed E-state index contributed by atoms with van der Waals surface area (Å²) >= 11 is 0. The Balaban J connectivity index is 2.93. The van der Waals surface area contributed by atoms with Gasteiger partial charge in [0.25, 0.3) is 0 Å². The van der Waals surface area contributed by atoms with Crippen molar-refractivity contribution in [3.63, 3.8) is 0 Å². The van der Waals surface area contributed by atoms with Gasteiger partial charge in [0.15, 0.2) is 0 Å². The van der Waals surface area contributed by atoms with Crippen LogP contribution < -0.4 is 10.1 Å². The van der Waals surface area contributed by atoms with Crippen LogP contribution in [0.25, 0.3) is 0 Å². The van der Waals surface area contributed by atoms with Crippen molar-refractivity contribution in [1.82, 2.24) is 5.32 Å². The van der Waals surface area contributed by atoms with E-state index in [0.29, 0.717) is 12.6 Å². The lowest BCUT2D eigenvalue weighted by atomic mass is 9.97. The van der Waals surface area contributed by atoms with E-state index < -0.39 is 0 Å². The average Bonchev–Trinajstić information content (AvgIpc) is 2.39. The van der Waals surface area contributed by atoms with E-state index in [9.17, 15) is 0 Å². The summed E-state index contributed by atoms with van der Waals surface area (Å²) < 4.78 is 5.71. The van der Waals surface area contributed by atoms with Gasteiger partial charge in [0.05, 0.1) is 6.61 Å². The summed E-state index contributed by atoms with van der Waals surface area (Å²) in [7, 11) is 0. The Morgan fingerprint density at radius 2 is 2.00 bits per heavy atom. The molecule has 0 amide bonds. The van der Waals surface area contributed by atoms with Crippen LogP contribution in [0.2, 0.25) is 0 Å². The zero-order valence-corrected chi connectivity index (χ0v) is 11.8. The van der Waals surface area contributed by atoms with Crippen LogP contribution in [0, 0.1) is 0 Å². The fourth-order valence-electron chi connectivity index (χ4n) is 2.03.